The highest BCUT2D eigenvalue weighted by molar-refractivity contribution is 5.07. The number of pyridine rings is 1. The lowest BCUT2D eigenvalue weighted by molar-refractivity contribution is 0.0753. The van der Waals surface area contributed by atoms with Gasteiger partial charge in [-0.05, 0) is 31.9 Å². The Labute approximate surface area is 90.9 Å². The minimum Gasteiger partial charge on any atom is -0.381 e. The molecule has 1 atom stereocenters. The van der Waals surface area contributed by atoms with Crippen LogP contribution >= 0.6 is 0 Å². The molecule has 1 aromatic heterocycles. The number of rotatable bonds is 3. The van der Waals surface area contributed by atoms with Gasteiger partial charge >= 0.3 is 0 Å². The fourth-order valence-corrected chi connectivity index (χ4v) is 1.94. The molecule has 3 heteroatoms. The van der Waals surface area contributed by atoms with Crippen molar-refractivity contribution in [1.82, 2.24) is 10.3 Å². The summed E-state index contributed by atoms with van der Waals surface area (Å²) in [6.07, 6.45) is 4.06. The summed E-state index contributed by atoms with van der Waals surface area (Å²) in [6.45, 7) is 3.93. The summed E-state index contributed by atoms with van der Waals surface area (Å²) in [7, 11) is 0. The van der Waals surface area contributed by atoms with Crippen molar-refractivity contribution in [2.75, 3.05) is 13.2 Å². The van der Waals surface area contributed by atoms with Gasteiger partial charge in [0.15, 0.2) is 0 Å². The van der Waals surface area contributed by atoms with Crippen molar-refractivity contribution in [2.45, 2.75) is 31.8 Å². The van der Waals surface area contributed by atoms with Crippen LogP contribution in [0.25, 0.3) is 0 Å². The highest BCUT2D eigenvalue weighted by atomic mass is 16.5. The number of aromatic nitrogens is 1. The lowest BCUT2D eigenvalue weighted by Crippen LogP contribution is -2.36. The van der Waals surface area contributed by atoms with Gasteiger partial charge < -0.3 is 10.1 Å². The summed E-state index contributed by atoms with van der Waals surface area (Å²) in [5, 5.41) is 3.59. The Balaban J connectivity index is 1.88. The first-order valence-electron chi connectivity index (χ1n) is 5.61. The second-order valence-corrected chi connectivity index (χ2v) is 4.03. The van der Waals surface area contributed by atoms with Crippen molar-refractivity contribution in [2.24, 2.45) is 0 Å². The van der Waals surface area contributed by atoms with Crippen molar-refractivity contribution in [3.63, 3.8) is 0 Å². The first kappa shape index (κ1) is 10.6. The molecule has 1 fully saturated rings. The lowest BCUT2D eigenvalue weighted by Gasteiger charge is -2.26. The topological polar surface area (TPSA) is 34.1 Å². The van der Waals surface area contributed by atoms with E-state index in [2.05, 4.69) is 23.3 Å². The van der Waals surface area contributed by atoms with E-state index in [0.717, 1.165) is 31.7 Å². The van der Waals surface area contributed by atoms with Crippen LogP contribution in [0.5, 0.6) is 0 Å². The highest BCUT2D eigenvalue weighted by Gasteiger charge is 2.16. The molecule has 1 aliphatic heterocycles. The Morgan fingerprint density at radius 1 is 1.40 bits per heavy atom. The third kappa shape index (κ3) is 3.01. The Hall–Kier alpha value is -0.930. The van der Waals surface area contributed by atoms with E-state index >= 15 is 0 Å². The zero-order valence-corrected chi connectivity index (χ0v) is 9.15. The van der Waals surface area contributed by atoms with E-state index < -0.39 is 0 Å². The number of nitrogens with one attached hydrogen (secondary N) is 1. The maximum absolute atomic E-state index is 5.33. The SMILES string of the molecule is C[C@H](NC1CCOCC1)c1ccccn1. The van der Waals surface area contributed by atoms with Crippen LogP contribution in [0.3, 0.4) is 0 Å². The molecule has 0 aliphatic carbocycles. The van der Waals surface area contributed by atoms with Crippen LogP contribution in [0.1, 0.15) is 31.5 Å². The second kappa shape index (κ2) is 5.24. The van der Waals surface area contributed by atoms with E-state index in [-0.39, 0.29) is 0 Å². The summed E-state index contributed by atoms with van der Waals surface area (Å²) in [6, 6.07) is 6.96. The van der Waals surface area contributed by atoms with Crippen LogP contribution in [0.2, 0.25) is 0 Å². The van der Waals surface area contributed by atoms with Crippen molar-refractivity contribution < 1.29 is 4.74 Å². The van der Waals surface area contributed by atoms with Gasteiger partial charge in [0, 0.05) is 31.5 Å². The molecule has 1 aliphatic rings. The molecule has 0 amide bonds. The molecule has 2 heterocycles. The maximum Gasteiger partial charge on any atom is 0.0570 e. The fourth-order valence-electron chi connectivity index (χ4n) is 1.94. The number of ether oxygens (including phenoxy) is 1. The Kier molecular flexibility index (Phi) is 3.69. The van der Waals surface area contributed by atoms with Gasteiger partial charge in [-0.25, -0.2) is 0 Å². The number of hydrogen-bond donors (Lipinski definition) is 1. The normalized spacial score (nSPS) is 20.1. The summed E-state index contributed by atoms with van der Waals surface area (Å²) >= 11 is 0. The van der Waals surface area contributed by atoms with E-state index in [1.165, 1.54) is 0 Å². The van der Waals surface area contributed by atoms with Gasteiger partial charge in [-0.2, -0.15) is 0 Å². The monoisotopic (exact) mass is 206 g/mol. The molecule has 0 bridgehead atoms. The summed E-state index contributed by atoms with van der Waals surface area (Å²) in [5.74, 6) is 0. The van der Waals surface area contributed by atoms with Crippen molar-refractivity contribution in [1.29, 1.82) is 0 Å². The molecular formula is C12H18N2O. The highest BCUT2D eigenvalue weighted by Crippen LogP contribution is 2.13. The van der Waals surface area contributed by atoms with Gasteiger partial charge in [-0.15, -0.1) is 0 Å². The zero-order valence-electron chi connectivity index (χ0n) is 9.15. The molecule has 3 nitrogen and oxygen atoms in total. The largest absolute Gasteiger partial charge is 0.381 e. The van der Waals surface area contributed by atoms with Crippen LogP contribution < -0.4 is 5.32 Å². The molecule has 1 saturated heterocycles. The fraction of sp³-hybridized carbons (Fsp3) is 0.583. The third-order valence-corrected chi connectivity index (χ3v) is 2.84. The summed E-state index contributed by atoms with van der Waals surface area (Å²) in [5.41, 5.74) is 1.11. The molecule has 2 rings (SSSR count). The predicted molar refractivity (Wildman–Crippen MR) is 59.6 cm³/mol. The van der Waals surface area contributed by atoms with Gasteiger partial charge in [-0.1, -0.05) is 6.07 Å². The molecular weight excluding hydrogens is 188 g/mol. The molecule has 15 heavy (non-hydrogen) atoms. The Morgan fingerprint density at radius 2 is 2.20 bits per heavy atom. The number of hydrogen-bond acceptors (Lipinski definition) is 3. The Bertz CT molecular complexity index is 283. The van der Waals surface area contributed by atoms with E-state index in [1.54, 1.807) is 0 Å². The first-order chi connectivity index (χ1) is 7.36. The average molecular weight is 206 g/mol. The molecule has 82 valence electrons. The molecule has 0 spiro atoms. The quantitative estimate of drug-likeness (QED) is 0.820. The molecule has 0 unspecified atom stereocenters. The van der Waals surface area contributed by atoms with Crippen molar-refractivity contribution in [3.8, 4) is 0 Å². The molecule has 0 saturated carbocycles. The van der Waals surface area contributed by atoms with Gasteiger partial charge in [-0.3, -0.25) is 4.98 Å². The van der Waals surface area contributed by atoms with Gasteiger partial charge in [0.1, 0.15) is 0 Å². The second-order valence-electron chi connectivity index (χ2n) is 4.03. The predicted octanol–water partition coefficient (Wildman–Crippen LogP) is 1.91. The summed E-state index contributed by atoms with van der Waals surface area (Å²) in [4.78, 5) is 4.35. The molecule has 1 aromatic rings. The van der Waals surface area contributed by atoms with Crippen LogP contribution in [0.15, 0.2) is 24.4 Å². The van der Waals surface area contributed by atoms with Crippen molar-refractivity contribution >= 4 is 0 Å². The first-order valence-corrected chi connectivity index (χ1v) is 5.61. The van der Waals surface area contributed by atoms with Crippen LogP contribution in [0.4, 0.5) is 0 Å². The van der Waals surface area contributed by atoms with E-state index in [1.807, 2.05) is 18.3 Å². The molecule has 0 aromatic carbocycles. The zero-order chi connectivity index (χ0) is 10.5. The van der Waals surface area contributed by atoms with Crippen LogP contribution in [-0.4, -0.2) is 24.2 Å². The Morgan fingerprint density at radius 3 is 2.87 bits per heavy atom. The van der Waals surface area contributed by atoms with E-state index in [9.17, 15) is 0 Å². The van der Waals surface area contributed by atoms with Crippen LogP contribution in [-0.2, 0) is 4.74 Å². The van der Waals surface area contributed by atoms with Crippen molar-refractivity contribution in [3.05, 3.63) is 30.1 Å². The summed E-state index contributed by atoms with van der Waals surface area (Å²) < 4.78 is 5.33. The standard InChI is InChI=1S/C12H18N2O/c1-10(12-4-2-3-7-13-12)14-11-5-8-15-9-6-11/h2-4,7,10-11,14H,5-6,8-9H2,1H3/t10-/m0/s1. The average Bonchev–Trinajstić information content (AvgIpc) is 2.31. The van der Waals surface area contributed by atoms with Crippen LogP contribution in [0, 0.1) is 0 Å². The van der Waals surface area contributed by atoms with Gasteiger partial charge in [0.2, 0.25) is 0 Å². The van der Waals surface area contributed by atoms with Gasteiger partial charge in [0.25, 0.3) is 0 Å². The van der Waals surface area contributed by atoms with Gasteiger partial charge in [0.05, 0.1) is 5.69 Å². The smallest absolute Gasteiger partial charge is 0.0570 e. The van der Waals surface area contributed by atoms with E-state index in [4.69, 9.17) is 4.74 Å². The minimum absolute atomic E-state index is 0.328. The third-order valence-electron chi connectivity index (χ3n) is 2.84. The maximum atomic E-state index is 5.33. The number of nitrogens with zero attached hydrogens (tertiary/aromatic N) is 1. The molecule has 0 radical (unpaired) electrons. The van der Waals surface area contributed by atoms with E-state index in [0.29, 0.717) is 12.1 Å². The lowest BCUT2D eigenvalue weighted by atomic mass is 10.1. The molecule has 1 N–H and O–H groups in total. The minimum atomic E-state index is 0.328.